The lowest BCUT2D eigenvalue weighted by atomic mass is 10.2. The first-order chi connectivity index (χ1) is 9.99. The highest BCUT2D eigenvalue weighted by Crippen LogP contribution is 2.15. The molecule has 1 heterocycles. The van der Waals surface area contributed by atoms with Crippen LogP contribution in [0.2, 0.25) is 0 Å². The molecule has 0 fully saturated rings. The number of benzene rings is 1. The zero-order chi connectivity index (χ0) is 15.4. The van der Waals surface area contributed by atoms with Crippen molar-refractivity contribution in [3.05, 3.63) is 40.6 Å². The van der Waals surface area contributed by atoms with E-state index in [0.717, 1.165) is 11.1 Å². The van der Waals surface area contributed by atoms with Crippen LogP contribution in [0.1, 0.15) is 20.3 Å². The number of hydrogen-bond acceptors (Lipinski definition) is 4. The molecule has 1 amide bonds. The van der Waals surface area contributed by atoms with Crippen molar-refractivity contribution < 1.29 is 13.6 Å². The van der Waals surface area contributed by atoms with E-state index in [1.807, 2.05) is 13.8 Å². The highest BCUT2D eigenvalue weighted by molar-refractivity contribution is 5.75. The Labute approximate surface area is 120 Å². The van der Waals surface area contributed by atoms with Gasteiger partial charge in [0, 0.05) is 11.6 Å². The first-order valence-corrected chi connectivity index (χ1v) is 6.63. The van der Waals surface area contributed by atoms with Gasteiger partial charge in [0.1, 0.15) is 12.4 Å². The van der Waals surface area contributed by atoms with Crippen molar-refractivity contribution in [1.29, 1.82) is 0 Å². The average molecular weight is 293 g/mol. The lowest BCUT2D eigenvalue weighted by molar-refractivity contribution is -0.122. The normalized spacial score (nSPS) is 12.1. The van der Waals surface area contributed by atoms with E-state index < -0.39 is 11.6 Å². The summed E-state index contributed by atoms with van der Waals surface area (Å²) in [7, 11) is 0. The molecule has 0 unspecified atom stereocenters. The fourth-order valence-corrected chi connectivity index (χ4v) is 1.67. The molecule has 0 aliphatic heterocycles. The Bertz CT molecular complexity index is 676. The van der Waals surface area contributed by atoms with Gasteiger partial charge in [-0.2, -0.15) is 4.68 Å². The van der Waals surface area contributed by atoms with Gasteiger partial charge in [-0.3, -0.25) is 4.79 Å². The van der Waals surface area contributed by atoms with Gasteiger partial charge >= 0.3 is 5.76 Å². The summed E-state index contributed by atoms with van der Waals surface area (Å²) in [5, 5.41) is 6.67. The molecule has 0 radical (unpaired) electrons. The highest BCUT2D eigenvalue weighted by atomic mass is 19.1. The molecule has 0 aliphatic rings. The van der Waals surface area contributed by atoms with Gasteiger partial charge in [-0.15, -0.1) is 5.10 Å². The second-order valence-electron chi connectivity index (χ2n) is 4.71. The Morgan fingerprint density at radius 3 is 2.71 bits per heavy atom. The van der Waals surface area contributed by atoms with Gasteiger partial charge in [0.2, 0.25) is 11.8 Å². The average Bonchev–Trinajstić information content (AvgIpc) is 2.80. The zero-order valence-corrected chi connectivity index (χ0v) is 11.8. The van der Waals surface area contributed by atoms with Gasteiger partial charge in [-0.1, -0.05) is 6.92 Å². The summed E-state index contributed by atoms with van der Waals surface area (Å²) in [5.74, 6) is -1.39. The van der Waals surface area contributed by atoms with Crippen LogP contribution in [0, 0.1) is 5.82 Å². The van der Waals surface area contributed by atoms with Crippen LogP contribution in [0.5, 0.6) is 0 Å². The highest BCUT2D eigenvalue weighted by Gasteiger charge is 2.14. The molecule has 1 aromatic carbocycles. The smallest absolute Gasteiger partial charge is 0.388 e. The predicted molar refractivity (Wildman–Crippen MR) is 74.1 cm³/mol. The lowest BCUT2D eigenvalue weighted by Gasteiger charge is -2.10. The Balaban J connectivity index is 2.14. The Kier molecular flexibility index (Phi) is 4.52. The molecule has 112 valence electrons. The summed E-state index contributed by atoms with van der Waals surface area (Å²) in [6, 6.07) is 5.40. The zero-order valence-electron chi connectivity index (χ0n) is 11.8. The van der Waals surface area contributed by atoms with Crippen molar-refractivity contribution in [3.63, 3.8) is 0 Å². The minimum absolute atomic E-state index is 0.0247. The molecule has 1 N–H and O–H groups in total. The van der Waals surface area contributed by atoms with E-state index in [4.69, 9.17) is 4.42 Å². The second kappa shape index (κ2) is 6.34. The van der Waals surface area contributed by atoms with E-state index in [9.17, 15) is 14.0 Å². The van der Waals surface area contributed by atoms with E-state index in [2.05, 4.69) is 10.4 Å². The van der Waals surface area contributed by atoms with Crippen LogP contribution in [0.4, 0.5) is 4.39 Å². The first kappa shape index (κ1) is 15.0. The summed E-state index contributed by atoms with van der Waals surface area (Å²) in [4.78, 5) is 23.4. The minimum Gasteiger partial charge on any atom is -0.388 e. The van der Waals surface area contributed by atoms with Crippen LogP contribution in [0.15, 0.2) is 33.5 Å². The van der Waals surface area contributed by atoms with Crippen LogP contribution in [-0.2, 0) is 11.3 Å². The third-order valence-electron chi connectivity index (χ3n) is 3.01. The summed E-state index contributed by atoms with van der Waals surface area (Å²) in [6.07, 6.45) is 0.792. The van der Waals surface area contributed by atoms with Crippen LogP contribution < -0.4 is 11.1 Å². The van der Waals surface area contributed by atoms with Gasteiger partial charge in [0.25, 0.3) is 0 Å². The van der Waals surface area contributed by atoms with E-state index >= 15 is 0 Å². The number of nitrogens with one attached hydrogen (secondary N) is 1. The second-order valence-corrected chi connectivity index (χ2v) is 4.71. The molecule has 7 heteroatoms. The van der Waals surface area contributed by atoms with Crippen molar-refractivity contribution in [2.24, 2.45) is 0 Å². The molecule has 2 aromatic rings. The molecule has 1 atom stereocenters. The lowest BCUT2D eigenvalue weighted by Crippen LogP contribution is -2.36. The molecule has 21 heavy (non-hydrogen) atoms. The SMILES string of the molecule is CC[C@H](C)NC(=O)Cn1nc(-c2ccc(F)cc2)oc1=O. The maximum Gasteiger partial charge on any atom is 0.437 e. The summed E-state index contributed by atoms with van der Waals surface area (Å²) in [6.45, 7) is 3.60. The largest absolute Gasteiger partial charge is 0.437 e. The monoisotopic (exact) mass is 293 g/mol. The number of rotatable bonds is 5. The van der Waals surface area contributed by atoms with Gasteiger partial charge in [-0.05, 0) is 37.6 Å². The van der Waals surface area contributed by atoms with Crippen molar-refractivity contribution >= 4 is 5.91 Å². The summed E-state index contributed by atoms with van der Waals surface area (Å²) >= 11 is 0. The number of carbonyl (C=O) groups is 1. The third-order valence-corrected chi connectivity index (χ3v) is 3.01. The Morgan fingerprint density at radius 2 is 2.10 bits per heavy atom. The molecule has 0 spiro atoms. The molecule has 0 saturated heterocycles. The number of hydrogen-bond donors (Lipinski definition) is 1. The van der Waals surface area contributed by atoms with E-state index in [1.165, 1.54) is 24.3 Å². The molecular weight excluding hydrogens is 277 g/mol. The molecule has 1 aromatic heterocycles. The molecular formula is C14H16FN3O3. The maximum atomic E-state index is 12.8. The van der Waals surface area contributed by atoms with Gasteiger partial charge in [0.05, 0.1) is 0 Å². The number of halogens is 1. The Morgan fingerprint density at radius 1 is 1.43 bits per heavy atom. The van der Waals surface area contributed by atoms with Crippen molar-refractivity contribution in [1.82, 2.24) is 15.1 Å². The Hall–Kier alpha value is -2.44. The van der Waals surface area contributed by atoms with Gasteiger partial charge in [0.15, 0.2) is 0 Å². The third kappa shape index (κ3) is 3.77. The summed E-state index contributed by atoms with van der Waals surface area (Å²) < 4.78 is 18.8. The summed E-state index contributed by atoms with van der Waals surface area (Å²) in [5.41, 5.74) is 0.467. The van der Waals surface area contributed by atoms with E-state index in [0.29, 0.717) is 5.56 Å². The fraction of sp³-hybridized carbons (Fsp3) is 0.357. The molecule has 2 rings (SSSR count). The first-order valence-electron chi connectivity index (χ1n) is 6.63. The van der Waals surface area contributed by atoms with Gasteiger partial charge in [-0.25, -0.2) is 9.18 Å². The van der Waals surface area contributed by atoms with Crippen LogP contribution in [0.25, 0.3) is 11.5 Å². The number of amides is 1. The predicted octanol–water partition coefficient (Wildman–Crippen LogP) is 1.56. The maximum absolute atomic E-state index is 12.8. The van der Waals surface area contributed by atoms with Crippen LogP contribution in [0.3, 0.4) is 0 Å². The van der Waals surface area contributed by atoms with Crippen molar-refractivity contribution in [3.8, 4) is 11.5 Å². The van der Waals surface area contributed by atoms with Gasteiger partial charge < -0.3 is 9.73 Å². The molecule has 6 nitrogen and oxygen atoms in total. The number of carbonyl (C=O) groups excluding carboxylic acids is 1. The van der Waals surface area contributed by atoms with Crippen molar-refractivity contribution in [2.45, 2.75) is 32.9 Å². The van der Waals surface area contributed by atoms with Crippen molar-refractivity contribution in [2.75, 3.05) is 0 Å². The number of aromatic nitrogens is 2. The minimum atomic E-state index is -0.728. The number of nitrogens with zero attached hydrogens (tertiary/aromatic N) is 2. The molecule has 0 saturated carbocycles. The van der Waals surface area contributed by atoms with Crippen LogP contribution in [-0.4, -0.2) is 21.7 Å². The van der Waals surface area contributed by atoms with E-state index in [1.54, 1.807) is 0 Å². The van der Waals surface area contributed by atoms with E-state index in [-0.39, 0.29) is 24.4 Å². The quantitative estimate of drug-likeness (QED) is 0.907. The molecule has 0 aliphatic carbocycles. The fourth-order valence-electron chi connectivity index (χ4n) is 1.67. The standard InChI is InChI=1S/C14H16FN3O3/c1-3-9(2)16-12(19)8-18-14(20)21-13(17-18)10-4-6-11(15)7-5-10/h4-7,9H,3,8H2,1-2H3,(H,16,19)/t9-/m0/s1. The topological polar surface area (TPSA) is 77.1 Å². The van der Waals surface area contributed by atoms with Crippen LogP contribution >= 0.6 is 0 Å². The molecule has 0 bridgehead atoms.